The van der Waals surface area contributed by atoms with Crippen LogP contribution < -0.4 is 14.4 Å². The number of aromatic hydroxyl groups is 1. The lowest BCUT2D eigenvalue weighted by atomic mass is 10.0. The normalized spacial score (nSPS) is 14.8. The number of likely N-dealkylation sites (tertiary alicyclic amines) is 1. The monoisotopic (exact) mass is 470 g/mol. The van der Waals surface area contributed by atoms with Gasteiger partial charge in [-0.2, -0.15) is 0 Å². The van der Waals surface area contributed by atoms with E-state index in [-0.39, 0.29) is 23.5 Å². The van der Waals surface area contributed by atoms with Gasteiger partial charge in [0.15, 0.2) is 0 Å². The molecule has 1 saturated heterocycles. The molecule has 0 bridgehead atoms. The maximum absolute atomic E-state index is 13.5. The number of carbonyl (C=O) groups excluding carboxylic acids is 1. The first-order valence-electron chi connectivity index (χ1n) is 10.8. The van der Waals surface area contributed by atoms with Gasteiger partial charge in [0, 0.05) is 43.5 Å². The number of nitrogens with zero attached hydrogens (tertiary/aromatic N) is 2. The van der Waals surface area contributed by atoms with Crippen LogP contribution in [0.2, 0.25) is 0 Å². The molecule has 1 amide bonds. The third-order valence-electron chi connectivity index (χ3n) is 5.97. The number of carbonyl (C=O) groups is 1. The molecular weight excluding hydrogens is 443 g/mol. The van der Waals surface area contributed by atoms with E-state index in [9.17, 15) is 14.3 Å². The number of benzene rings is 2. The van der Waals surface area contributed by atoms with Crippen LogP contribution in [-0.4, -0.2) is 49.3 Å². The van der Waals surface area contributed by atoms with E-state index in [4.69, 9.17) is 9.47 Å². The van der Waals surface area contributed by atoms with E-state index in [1.807, 2.05) is 17.5 Å². The zero-order valence-corrected chi connectivity index (χ0v) is 19.5. The lowest BCUT2D eigenvalue weighted by Gasteiger charge is -2.38. The number of halogens is 1. The molecule has 1 aromatic heterocycles. The fraction of sp³-hybridized carbons (Fsp3) is 0.320. The summed E-state index contributed by atoms with van der Waals surface area (Å²) >= 11 is 1.40. The molecule has 0 radical (unpaired) electrons. The highest BCUT2D eigenvalue weighted by Gasteiger charge is 2.31. The van der Waals surface area contributed by atoms with Crippen LogP contribution >= 0.6 is 11.3 Å². The summed E-state index contributed by atoms with van der Waals surface area (Å²) in [6.45, 7) is 2.02. The molecule has 3 aromatic rings. The lowest BCUT2D eigenvalue weighted by Crippen LogP contribution is -2.47. The van der Waals surface area contributed by atoms with Crippen molar-refractivity contribution in [2.75, 3.05) is 32.2 Å². The van der Waals surface area contributed by atoms with Crippen molar-refractivity contribution in [1.82, 2.24) is 4.90 Å². The molecule has 0 saturated carbocycles. The minimum Gasteiger partial charge on any atom is -0.507 e. The summed E-state index contributed by atoms with van der Waals surface area (Å²) in [5.74, 6) is 0.854. The number of piperidine rings is 1. The van der Waals surface area contributed by atoms with E-state index >= 15 is 0 Å². The molecule has 2 aromatic carbocycles. The van der Waals surface area contributed by atoms with Crippen molar-refractivity contribution >= 4 is 22.9 Å². The molecule has 1 N–H and O–H groups in total. The molecule has 4 rings (SSSR count). The molecule has 1 aliphatic heterocycles. The van der Waals surface area contributed by atoms with E-state index in [0.717, 1.165) is 25.9 Å². The van der Waals surface area contributed by atoms with Crippen molar-refractivity contribution < 1.29 is 23.8 Å². The van der Waals surface area contributed by atoms with E-state index in [0.29, 0.717) is 34.2 Å². The zero-order chi connectivity index (χ0) is 23.4. The second-order valence-electron chi connectivity index (χ2n) is 7.96. The highest BCUT2D eigenvalue weighted by Crippen LogP contribution is 2.35. The van der Waals surface area contributed by atoms with E-state index in [1.54, 1.807) is 43.4 Å². The largest absolute Gasteiger partial charge is 0.507 e. The first-order chi connectivity index (χ1) is 16.0. The minimum atomic E-state index is -0.328. The van der Waals surface area contributed by atoms with Gasteiger partial charge in [0.1, 0.15) is 23.1 Å². The molecule has 33 heavy (non-hydrogen) atoms. The van der Waals surface area contributed by atoms with Crippen LogP contribution in [0.15, 0.2) is 53.9 Å². The van der Waals surface area contributed by atoms with Gasteiger partial charge in [-0.1, -0.05) is 6.07 Å². The summed E-state index contributed by atoms with van der Waals surface area (Å²) < 4.78 is 24.2. The minimum absolute atomic E-state index is 0.00679. The average molecular weight is 471 g/mol. The summed E-state index contributed by atoms with van der Waals surface area (Å²) in [6.07, 6.45) is 1.52. The molecule has 0 atom stereocenters. The van der Waals surface area contributed by atoms with Crippen molar-refractivity contribution in [2.24, 2.45) is 0 Å². The van der Waals surface area contributed by atoms with Crippen molar-refractivity contribution in [3.8, 4) is 17.2 Å². The molecular formula is C25H27FN2O4S. The molecule has 0 unspecified atom stereocenters. The van der Waals surface area contributed by atoms with Crippen LogP contribution in [0.1, 0.15) is 28.1 Å². The zero-order valence-electron chi connectivity index (χ0n) is 18.7. The van der Waals surface area contributed by atoms with Gasteiger partial charge in [0.05, 0.1) is 24.7 Å². The van der Waals surface area contributed by atoms with E-state index in [1.165, 1.54) is 23.5 Å². The highest BCUT2D eigenvalue weighted by atomic mass is 32.1. The maximum atomic E-state index is 13.5. The van der Waals surface area contributed by atoms with Gasteiger partial charge in [0.25, 0.3) is 5.91 Å². The predicted octanol–water partition coefficient (Wildman–Crippen LogP) is 4.92. The second-order valence-corrected chi connectivity index (χ2v) is 8.91. The van der Waals surface area contributed by atoms with Gasteiger partial charge >= 0.3 is 0 Å². The van der Waals surface area contributed by atoms with Crippen LogP contribution in [0.5, 0.6) is 17.2 Å². The number of phenolic OH excluding ortho intramolecular Hbond substituents is 1. The number of hydrogen-bond acceptors (Lipinski definition) is 6. The third kappa shape index (κ3) is 5.12. The average Bonchev–Trinajstić information content (AvgIpc) is 3.37. The van der Waals surface area contributed by atoms with Gasteiger partial charge in [-0.15, -0.1) is 11.3 Å². The number of phenols is 1. The van der Waals surface area contributed by atoms with Gasteiger partial charge in [-0.3, -0.25) is 9.69 Å². The molecule has 8 heteroatoms. The van der Waals surface area contributed by atoms with Gasteiger partial charge < -0.3 is 19.5 Å². The lowest BCUT2D eigenvalue weighted by molar-refractivity contribution is 0.0962. The van der Waals surface area contributed by atoms with Crippen LogP contribution in [0.4, 0.5) is 10.1 Å². The van der Waals surface area contributed by atoms with Crippen LogP contribution in [0, 0.1) is 5.82 Å². The number of methoxy groups -OCH3 is 2. The molecule has 1 aliphatic rings. The molecule has 174 valence electrons. The standard InChI is InChI=1S/C25H27FN2O4S/c1-31-20-14-22(29)21(23(15-20)32-2)16-27-11-9-19(10-12-27)28(18-7-5-17(26)6-8-18)25(30)24-4-3-13-33-24/h3-8,13-15,19,29H,9-12,16H2,1-2H3. The summed E-state index contributed by atoms with van der Waals surface area (Å²) in [4.78, 5) is 18.0. The topological polar surface area (TPSA) is 62.2 Å². The Kier molecular flexibility index (Phi) is 7.15. The highest BCUT2D eigenvalue weighted by molar-refractivity contribution is 7.12. The summed E-state index contributed by atoms with van der Waals surface area (Å²) in [7, 11) is 3.11. The van der Waals surface area contributed by atoms with Crippen molar-refractivity contribution in [3.63, 3.8) is 0 Å². The first-order valence-corrected chi connectivity index (χ1v) is 11.7. The molecule has 2 heterocycles. The van der Waals surface area contributed by atoms with Crippen molar-refractivity contribution in [3.05, 3.63) is 70.2 Å². The van der Waals surface area contributed by atoms with E-state index in [2.05, 4.69) is 4.90 Å². The SMILES string of the molecule is COc1cc(O)c(CN2CCC(N(C(=O)c3cccs3)c3ccc(F)cc3)CC2)c(OC)c1. The molecule has 6 nitrogen and oxygen atoms in total. The number of hydrogen-bond donors (Lipinski definition) is 1. The fourth-order valence-corrected chi connectivity index (χ4v) is 4.90. The van der Waals surface area contributed by atoms with Crippen LogP contribution in [-0.2, 0) is 6.54 Å². The summed E-state index contributed by atoms with van der Waals surface area (Å²) in [5, 5.41) is 12.4. The van der Waals surface area contributed by atoms with E-state index < -0.39 is 0 Å². The molecule has 0 spiro atoms. The van der Waals surface area contributed by atoms with Gasteiger partial charge in [-0.05, 0) is 48.6 Å². The molecule has 0 aliphatic carbocycles. The summed E-state index contributed by atoms with van der Waals surface area (Å²) in [6, 6.07) is 13.1. The van der Waals surface area contributed by atoms with Crippen LogP contribution in [0.3, 0.4) is 0 Å². The first kappa shape index (κ1) is 23.1. The fourth-order valence-electron chi connectivity index (χ4n) is 4.24. The van der Waals surface area contributed by atoms with Gasteiger partial charge in [-0.25, -0.2) is 4.39 Å². The predicted molar refractivity (Wildman–Crippen MR) is 127 cm³/mol. The number of rotatable bonds is 7. The quantitative estimate of drug-likeness (QED) is 0.531. The number of amides is 1. The summed E-state index contributed by atoms with van der Waals surface area (Å²) in [5.41, 5.74) is 1.41. The maximum Gasteiger partial charge on any atom is 0.268 e. The van der Waals surface area contributed by atoms with Crippen molar-refractivity contribution in [2.45, 2.75) is 25.4 Å². The smallest absolute Gasteiger partial charge is 0.268 e. The number of thiophene rings is 1. The Labute approximate surface area is 196 Å². The Morgan fingerprint density at radius 1 is 1.15 bits per heavy atom. The Morgan fingerprint density at radius 2 is 1.88 bits per heavy atom. The Bertz CT molecular complexity index is 1080. The number of ether oxygens (including phenoxy) is 2. The van der Waals surface area contributed by atoms with Crippen molar-refractivity contribution in [1.29, 1.82) is 0 Å². The Balaban J connectivity index is 1.50. The Hall–Kier alpha value is -3.10. The van der Waals surface area contributed by atoms with Crippen LogP contribution in [0.25, 0.3) is 0 Å². The Morgan fingerprint density at radius 3 is 2.48 bits per heavy atom. The third-order valence-corrected chi connectivity index (χ3v) is 6.83. The van der Waals surface area contributed by atoms with Gasteiger partial charge in [0.2, 0.25) is 0 Å². The second kappa shape index (κ2) is 10.2. The molecule has 1 fully saturated rings. The number of anilines is 1.